The van der Waals surface area contributed by atoms with E-state index < -0.39 is 24.7 Å². The van der Waals surface area contributed by atoms with Crippen LogP contribution in [0.1, 0.15) is 67.7 Å². The summed E-state index contributed by atoms with van der Waals surface area (Å²) in [4.78, 5) is 0. The second kappa shape index (κ2) is 10.6. The summed E-state index contributed by atoms with van der Waals surface area (Å²) in [5.74, 6) is 0. The van der Waals surface area contributed by atoms with Gasteiger partial charge in [-0.15, -0.1) is 0 Å². The lowest BCUT2D eigenvalue weighted by molar-refractivity contribution is 0.211. The maximum absolute atomic E-state index is 6.81. The van der Waals surface area contributed by atoms with Crippen molar-refractivity contribution in [3.8, 4) is 0 Å². The molecule has 32 heavy (non-hydrogen) atoms. The molecule has 186 valence electrons. The predicted molar refractivity (Wildman–Crippen MR) is 152 cm³/mol. The fraction of sp³-hybridized carbons (Fsp3) is 0.778. The topological polar surface area (TPSA) is 18.5 Å². The molecule has 1 rings (SSSR count). The fourth-order valence-corrected chi connectivity index (χ4v) is 7.13. The SMILES string of the molecule is C/C(=C\CCO[Si](C)(C)C(C)(C)C)C1=C[C@H](O[Si](C)(C)C(C)(C)C)CC/C1=C\[Si](C)(C)C. The number of rotatable bonds is 8. The average molecular weight is 495 g/mol. The fourth-order valence-electron chi connectivity index (χ4n) is 3.43. The van der Waals surface area contributed by atoms with Gasteiger partial charge in [0.2, 0.25) is 0 Å². The Bertz CT molecular complexity index is 723. The molecule has 0 heterocycles. The van der Waals surface area contributed by atoms with Crippen molar-refractivity contribution in [1.29, 1.82) is 0 Å². The molecule has 0 saturated carbocycles. The number of hydrogen-bond donors (Lipinski definition) is 0. The minimum atomic E-state index is -1.79. The van der Waals surface area contributed by atoms with Crippen molar-refractivity contribution in [2.24, 2.45) is 0 Å². The molecule has 1 atom stereocenters. The summed E-state index contributed by atoms with van der Waals surface area (Å²) in [6, 6.07) is 0. The molecule has 0 aromatic heterocycles. The van der Waals surface area contributed by atoms with E-state index in [9.17, 15) is 0 Å². The van der Waals surface area contributed by atoms with Crippen molar-refractivity contribution >= 4 is 24.7 Å². The minimum Gasteiger partial charge on any atom is -0.417 e. The zero-order valence-electron chi connectivity index (χ0n) is 24.0. The van der Waals surface area contributed by atoms with E-state index in [0.29, 0.717) is 0 Å². The standard InChI is InChI=1S/C27H54O2Si3/c1-22(16-15-19-28-31(11,12)26(2,3)4)25-20-24(29-32(13,14)27(5,6)7)18-17-23(25)21-30(8,9)10/h16,20-21,24H,15,17-19H2,1-14H3/b22-16+,23-21+/t24-/m1/s1. The van der Waals surface area contributed by atoms with E-state index in [-0.39, 0.29) is 16.2 Å². The molecule has 0 radical (unpaired) electrons. The smallest absolute Gasteiger partial charge is 0.192 e. The van der Waals surface area contributed by atoms with E-state index in [1.807, 2.05) is 0 Å². The second-order valence-corrected chi connectivity index (χ2v) is 28.4. The van der Waals surface area contributed by atoms with Crippen LogP contribution in [0.15, 0.2) is 34.6 Å². The summed E-state index contributed by atoms with van der Waals surface area (Å²) in [5, 5.41) is 0.501. The molecule has 2 nitrogen and oxygen atoms in total. The Labute approximate surface area is 204 Å². The van der Waals surface area contributed by atoms with Gasteiger partial charge in [-0.1, -0.05) is 73.0 Å². The van der Waals surface area contributed by atoms with E-state index in [1.165, 1.54) is 11.1 Å². The number of hydrogen-bond acceptors (Lipinski definition) is 2. The van der Waals surface area contributed by atoms with Crippen LogP contribution in [0.2, 0.25) is 55.9 Å². The van der Waals surface area contributed by atoms with Gasteiger partial charge >= 0.3 is 0 Å². The third-order valence-electron chi connectivity index (χ3n) is 7.52. The largest absolute Gasteiger partial charge is 0.417 e. The highest BCUT2D eigenvalue weighted by molar-refractivity contribution is 6.81. The van der Waals surface area contributed by atoms with Crippen LogP contribution in [0.25, 0.3) is 0 Å². The van der Waals surface area contributed by atoms with Crippen molar-refractivity contribution in [2.75, 3.05) is 6.61 Å². The molecule has 0 N–H and O–H groups in total. The lowest BCUT2D eigenvalue weighted by Gasteiger charge is -2.40. The highest BCUT2D eigenvalue weighted by atomic mass is 28.4. The summed E-state index contributed by atoms with van der Waals surface area (Å²) >= 11 is 0. The lowest BCUT2D eigenvalue weighted by Crippen LogP contribution is -2.44. The third-order valence-corrected chi connectivity index (χ3v) is 17.8. The van der Waals surface area contributed by atoms with Crippen LogP contribution >= 0.6 is 0 Å². The van der Waals surface area contributed by atoms with Crippen LogP contribution in [0.5, 0.6) is 0 Å². The first kappa shape index (κ1) is 29.8. The molecule has 1 aliphatic carbocycles. The van der Waals surface area contributed by atoms with Crippen molar-refractivity contribution in [3.63, 3.8) is 0 Å². The van der Waals surface area contributed by atoms with Gasteiger partial charge in [0.15, 0.2) is 16.6 Å². The first-order chi connectivity index (χ1) is 14.2. The molecule has 1 aliphatic rings. The van der Waals surface area contributed by atoms with Crippen molar-refractivity contribution in [2.45, 2.75) is 130 Å². The van der Waals surface area contributed by atoms with Crippen LogP contribution in [-0.2, 0) is 8.85 Å². The first-order valence-electron chi connectivity index (χ1n) is 12.6. The molecule has 0 unspecified atom stereocenters. The van der Waals surface area contributed by atoms with E-state index >= 15 is 0 Å². The van der Waals surface area contributed by atoms with Gasteiger partial charge in [0, 0.05) is 6.61 Å². The Morgan fingerprint density at radius 2 is 1.47 bits per heavy atom. The van der Waals surface area contributed by atoms with Crippen molar-refractivity contribution < 1.29 is 8.85 Å². The average Bonchev–Trinajstić information content (AvgIpc) is 2.56. The Hall–Kier alpha value is -0.209. The third kappa shape index (κ3) is 8.86. The Kier molecular flexibility index (Phi) is 9.87. The lowest BCUT2D eigenvalue weighted by atomic mass is 9.88. The first-order valence-corrected chi connectivity index (χ1v) is 22.0. The van der Waals surface area contributed by atoms with Gasteiger partial charge in [-0.05, 0) is 85.2 Å². The van der Waals surface area contributed by atoms with Gasteiger partial charge in [-0.25, -0.2) is 0 Å². The molecule has 5 heteroatoms. The van der Waals surface area contributed by atoms with Gasteiger partial charge in [-0.3, -0.25) is 0 Å². The summed E-state index contributed by atoms with van der Waals surface area (Å²) in [6.45, 7) is 33.7. The van der Waals surface area contributed by atoms with E-state index in [4.69, 9.17) is 8.85 Å². The van der Waals surface area contributed by atoms with Crippen molar-refractivity contribution in [3.05, 3.63) is 34.6 Å². The van der Waals surface area contributed by atoms with Gasteiger partial charge in [-0.2, -0.15) is 0 Å². The molecule has 0 saturated heterocycles. The van der Waals surface area contributed by atoms with Crippen LogP contribution in [0.4, 0.5) is 0 Å². The molecule has 0 aromatic rings. The highest BCUT2D eigenvalue weighted by Gasteiger charge is 2.39. The molecule has 0 aromatic carbocycles. The quantitative estimate of drug-likeness (QED) is 0.247. The van der Waals surface area contributed by atoms with Crippen LogP contribution in [0, 0.1) is 0 Å². The second-order valence-electron chi connectivity index (χ2n) is 13.9. The molecule has 0 fully saturated rings. The monoisotopic (exact) mass is 494 g/mol. The van der Waals surface area contributed by atoms with Gasteiger partial charge in [0.25, 0.3) is 0 Å². The Morgan fingerprint density at radius 3 is 1.94 bits per heavy atom. The predicted octanol–water partition coefficient (Wildman–Crippen LogP) is 9.26. The highest BCUT2D eigenvalue weighted by Crippen LogP contribution is 2.40. The molecule has 0 bridgehead atoms. The van der Waals surface area contributed by atoms with Crippen LogP contribution in [0.3, 0.4) is 0 Å². The van der Waals surface area contributed by atoms with Gasteiger partial charge in [0.1, 0.15) is 0 Å². The Balaban J connectivity index is 3.09. The van der Waals surface area contributed by atoms with Crippen LogP contribution in [-0.4, -0.2) is 37.4 Å². The normalized spacial score (nSPS) is 21.2. The van der Waals surface area contributed by atoms with E-state index in [0.717, 1.165) is 25.9 Å². The zero-order chi connectivity index (χ0) is 25.2. The molecular formula is C27H54O2Si3. The Morgan fingerprint density at radius 1 is 0.938 bits per heavy atom. The maximum atomic E-state index is 6.81. The summed E-state index contributed by atoms with van der Waals surface area (Å²) in [5.41, 5.74) is 6.95. The summed E-state index contributed by atoms with van der Waals surface area (Å²) in [7, 11) is -4.76. The van der Waals surface area contributed by atoms with E-state index in [2.05, 4.69) is 112 Å². The molecular weight excluding hydrogens is 441 g/mol. The van der Waals surface area contributed by atoms with Crippen molar-refractivity contribution in [1.82, 2.24) is 0 Å². The summed E-state index contributed by atoms with van der Waals surface area (Å²) in [6.07, 6.45) is 8.28. The number of allylic oxidation sites excluding steroid dienone is 3. The molecule has 0 spiro atoms. The molecule has 0 amide bonds. The van der Waals surface area contributed by atoms with E-state index in [1.54, 1.807) is 5.57 Å². The summed E-state index contributed by atoms with van der Waals surface area (Å²) < 4.78 is 13.2. The van der Waals surface area contributed by atoms with Gasteiger partial charge in [0.05, 0.1) is 14.2 Å². The molecule has 0 aliphatic heterocycles. The maximum Gasteiger partial charge on any atom is 0.192 e. The van der Waals surface area contributed by atoms with Crippen LogP contribution < -0.4 is 0 Å². The minimum absolute atomic E-state index is 0.233. The zero-order valence-corrected chi connectivity index (χ0v) is 27.0. The van der Waals surface area contributed by atoms with Gasteiger partial charge < -0.3 is 8.85 Å².